The van der Waals surface area contributed by atoms with Crippen LogP contribution in [0.25, 0.3) is 0 Å². The van der Waals surface area contributed by atoms with Crippen molar-refractivity contribution in [3.63, 3.8) is 0 Å². The zero-order valence-electron chi connectivity index (χ0n) is 18.4. The Balaban J connectivity index is 1.25. The number of amides is 2. The van der Waals surface area contributed by atoms with Crippen molar-refractivity contribution in [3.05, 3.63) is 30.1 Å². The van der Waals surface area contributed by atoms with Crippen LogP contribution in [0.4, 0.5) is 0 Å². The second kappa shape index (κ2) is 10.6. The maximum atomic E-state index is 12.9. The SMILES string of the molecule is O=C(NCc1cccnc1)[C@@H]1C[C@@H](O)CN1C1CCN(C(=O)CCC2CCCC2)CC1. The van der Waals surface area contributed by atoms with Gasteiger partial charge in [-0.1, -0.05) is 31.7 Å². The highest BCUT2D eigenvalue weighted by atomic mass is 16.3. The van der Waals surface area contributed by atoms with Crippen LogP contribution in [0.1, 0.15) is 63.4 Å². The first-order chi connectivity index (χ1) is 15.1. The fourth-order valence-electron chi connectivity index (χ4n) is 5.54. The molecule has 0 spiro atoms. The number of hydrogen-bond donors (Lipinski definition) is 2. The molecule has 2 amide bonds. The van der Waals surface area contributed by atoms with Crippen LogP contribution in [0.2, 0.25) is 0 Å². The summed E-state index contributed by atoms with van der Waals surface area (Å²) in [6.07, 6.45) is 12.1. The zero-order chi connectivity index (χ0) is 21.6. The molecule has 4 rings (SSSR count). The van der Waals surface area contributed by atoms with Crippen molar-refractivity contribution >= 4 is 11.8 Å². The molecule has 1 aliphatic carbocycles. The summed E-state index contributed by atoms with van der Waals surface area (Å²) in [5, 5.41) is 13.3. The van der Waals surface area contributed by atoms with Crippen molar-refractivity contribution in [3.8, 4) is 0 Å². The third kappa shape index (κ3) is 5.83. The minimum Gasteiger partial charge on any atom is -0.392 e. The number of likely N-dealkylation sites (tertiary alicyclic amines) is 2. The van der Waals surface area contributed by atoms with E-state index in [4.69, 9.17) is 0 Å². The molecule has 0 aromatic carbocycles. The smallest absolute Gasteiger partial charge is 0.237 e. The molecule has 2 saturated heterocycles. The molecule has 1 saturated carbocycles. The van der Waals surface area contributed by atoms with Gasteiger partial charge < -0.3 is 15.3 Å². The average Bonchev–Trinajstić information content (AvgIpc) is 3.46. The topological polar surface area (TPSA) is 85.8 Å². The van der Waals surface area contributed by atoms with E-state index >= 15 is 0 Å². The number of nitrogens with one attached hydrogen (secondary N) is 1. The Bertz CT molecular complexity index is 730. The van der Waals surface area contributed by atoms with Crippen LogP contribution in [0, 0.1) is 5.92 Å². The predicted octanol–water partition coefficient (Wildman–Crippen LogP) is 2.09. The monoisotopic (exact) mass is 428 g/mol. The molecule has 2 N–H and O–H groups in total. The summed E-state index contributed by atoms with van der Waals surface area (Å²) in [6, 6.07) is 3.73. The molecule has 3 aliphatic rings. The number of carbonyl (C=O) groups excluding carboxylic acids is 2. The van der Waals surface area contributed by atoms with Gasteiger partial charge in [0.25, 0.3) is 0 Å². The molecule has 7 nitrogen and oxygen atoms in total. The van der Waals surface area contributed by atoms with Crippen LogP contribution in [-0.2, 0) is 16.1 Å². The standard InChI is InChI=1S/C24H36N4O3/c29-21-14-22(24(31)26-16-19-6-3-11-25-15-19)28(17-21)20-9-12-27(13-10-20)23(30)8-7-18-4-1-2-5-18/h3,6,11,15,18,20-22,29H,1-2,4-5,7-10,12-14,16-17H2,(H,26,31)/t21-,22+/m1/s1. The van der Waals surface area contributed by atoms with Gasteiger partial charge in [-0.05, 0) is 43.2 Å². The molecule has 7 heteroatoms. The molecule has 0 radical (unpaired) electrons. The highest BCUT2D eigenvalue weighted by Gasteiger charge is 2.40. The highest BCUT2D eigenvalue weighted by Crippen LogP contribution is 2.30. The van der Waals surface area contributed by atoms with E-state index in [1.807, 2.05) is 17.0 Å². The van der Waals surface area contributed by atoms with Crippen LogP contribution in [0.5, 0.6) is 0 Å². The van der Waals surface area contributed by atoms with Gasteiger partial charge in [0.05, 0.1) is 12.1 Å². The Labute approximate surface area is 185 Å². The van der Waals surface area contributed by atoms with E-state index in [-0.39, 0.29) is 23.9 Å². The van der Waals surface area contributed by atoms with Gasteiger partial charge >= 0.3 is 0 Å². The minimum atomic E-state index is -0.472. The Hall–Kier alpha value is -1.99. The molecular weight excluding hydrogens is 392 g/mol. The Morgan fingerprint density at radius 1 is 1.16 bits per heavy atom. The summed E-state index contributed by atoms with van der Waals surface area (Å²) in [5.41, 5.74) is 0.963. The van der Waals surface area contributed by atoms with Crippen molar-refractivity contribution in [2.75, 3.05) is 19.6 Å². The fraction of sp³-hybridized carbons (Fsp3) is 0.708. The molecule has 2 atom stereocenters. The highest BCUT2D eigenvalue weighted by molar-refractivity contribution is 5.82. The summed E-state index contributed by atoms with van der Waals surface area (Å²) in [6.45, 7) is 2.49. The molecule has 0 unspecified atom stereocenters. The number of aromatic nitrogens is 1. The maximum Gasteiger partial charge on any atom is 0.237 e. The first-order valence-electron chi connectivity index (χ1n) is 12.0. The van der Waals surface area contributed by atoms with E-state index in [2.05, 4.69) is 15.2 Å². The summed E-state index contributed by atoms with van der Waals surface area (Å²) < 4.78 is 0. The molecule has 1 aromatic rings. The Kier molecular flexibility index (Phi) is 7.56. The van der Waals surface area contributed by atoms with Crippen LogP contribution < -0.4 is 5.32 Å². The molecular formula is C24H36N4O3. The summed E-state index contributed by atoms with van der Waals surface area (Å²) in [7, 11) is 0. The first-order valence-corrected chi connectivity index (χ1v) is 12.0. The molecule has 2 aliphatic heterocycles. The number of β-amino-alcohol motifs (C(OH)–C–C–N with tert-alkyl or cyclic N) is 1. The zero-order valence-corrected chi connectivity index (χ0v) is 18.4. The van der Waals surface area contributed by atoms with Gasteiger partial charge in [-0.3, -0.25) is 19.5 Å². The van der Waals surface area contributed by atoms with Gasteiger partial charge in [0.15, 0.2) is 0 Å². The summed E-state index contributed by atoms with van der Waals surface area (Å²) in [5.74, 6) is 1.01. The van der Waals surface area contributed by atoms with Gasteiger partial charge in [-0.15, -0.1) is 0 Å². The van der Waals surface area contributed by atoms with Crippen LogP contribution >= 0.6 is 0 Å². The lowest BCUT2D eigenvalue weighted by molar-refractivity contribution is -0.134. The number of pyridine rings is 1. The third-order valence-electron chi connectivity index (χ3n) is 7.34. The lowest BCUT2D eigenvalue weighted by Gasteiger charge is -2.39. The molecule has 170 valence electrons. The maximum absolute atomic E-state index is 12.9. The van der Waals surface area contributed by atoms with E-state index < -0.39 is 6.10 Å². The molecule has 1 aromatic heterocycles. The summed E-state index contributed by atoms with van der Waals surface area (Å²) in [4.78, 5) is 33.7. The second-order valence-corrected chi connectivity index (χ2v) is 9.48. The lowest BCUT2D eigenvalue weighted by Crippen LogP contribution is -2.52. The lowest BCUT2D eigenvalue weighted by atomic mass is 9.99. The van der Waals surface area contributed by atoms with Gasteiger partial charge in [0, 0.05) is 51.0 Å². The minimum absolute atomic E-state index is 0.0320. The number of carbonyl (C=O) groups is 2. The van der Waals surface area contributed by atoms with Crippen LogP contribution in [0.3, 0.4) is 0 Å². The molecule has 0 bridgehead atoms. The van der Waals surface area contributed by atoms with E-state index in [1.165, 1.54) is 25.7 Å². The number of aliphatic hydroxyl groups excluding tert-OH is 1. The van der Waals surface area contributed by atoms with Crippen LogP contribution in [-0.4, -0.2) is 69.5 Å². The number of piperidine rings is 1. The van der Waals surface area contributed by atoms with Crippen molar-refractivity contribution < 1.29 is 14.7 Å². The average molecular weight is 429 g/mol. The number of nitrogens with zero attached hydrogens (tertiary/aromatic N) is 3. The Morgan fingerprint density at radius 2 is 1.94 bits per heavy atom. The van der Waals surface area contributed by atoms with Crippen molar-refractivity contribution in [2.45, 2.75) is 82.5 Å². The van der Waals surface area contributed by atoms with E-state index in [9.17, 15) is 14.7 Å². The van der Waals surface area contributed by atoms with Gasteiger partial charge in [0.1, 0.15) is 0 Å². The normalized spacial score (nSPS) is 25.8. The first kappa shape index (κ1) is 22.2. The van der Waals surface area contributed by atoms with Crippen molar-refractivity contribution in [2.24, 2.45) is 5.92 Å². The fourth-order valence-corrected chi connectivity index (χ4v) is 5.54. The largest absolute Gasteiger partial charge is 0.392 e. The van der Waals surface area contributed by atoms with Gasteiger partial charge in [0.2, 0.25) is 11.8 Å². The summed E-state index contributed by atoms with van der Waals surface area (Å²) >= 11 is 0. The van der Waals surface area contributed by atoms with Crippen molar-refractivity contribution in [1.82, 2.24) is 20.1 Å². The Morgan fingerprint density at radius 3 is 2.65 bits per heavy atom. The predicted molar refractivity (Wildman–Crippen MR) is 118 cm³/mol. The molecule has 3 heterocycles. The number of aliphatic hydroxyl groups is 1. The number of hydrogen-bond acceptors (Lipinski definition) is 5. The van der Waals surface area contributed by atoms with E-state index in [0.717, 1.165) is 43.8 Å². The third-order valence-corrected chi connectivity index (χ3v) is 7.34. The second-order valence-electron chi connectivity index (χ2n) is 9.48. The number of rotatable bonds is 7. The van der Waals surface area contributed by atoms with E-state index in [1.54, 1.807) is 12.4 Å². The van der Waals surface area contributed by atoms with Gasteiger partial charge in [-0.2, -0.15) is 0 Å². The molecule has 31 heavy (non-hydrogen) atoms. The van der Waals surface area contributed by atoms with Gasteiger partial charge in [-0.25, -0.2) is 0 Å². The quantitative estimate of drug-likeness (QED) is 0.695. The molecule has 3 fully saturated rings. The van der Waals surface area contributed by atoms with E-state index in [0.29, 0.717) is 25.9 Å². The van der Waals surface area contributed by atoms with Crippen molar-refractivity contribution in [1.29, 1.82) is 0 Å². The van der Waals surface area contributed by atoms with Crippen LogP contribution in [0.15, 0.2) is 24.5 Å².